The Labute approximate surface area is 312 Å². The minimum atomic E-state index is -0.699. The average Bonchev–Trinajstić information content (AvgIpc) is 3.13. The first-order valence-electron chi connectivity index (χ1n) is 15.6. The second kappa shape index (κ2) is 17.8. The molecule has 0 saturated carbocycles. The van der Waals surface area contributed by atoms with Gasteiger partial charge in [0.15, 0.2) is 5.17 Å². The number of benzene rings is 4. The van der Waals surface area contributed by atoms with E-state index in [4.69, 9.17) is 4.74 Å². The van der Waals surface area contributed by atoms with Gasteiger partial charge in [-0.25, -0.2) is 0 Å². The van der Waals surface area contributed by atoms with Crippen LogP contribution in [0.3, 0.4) is 0 Å². The first-order chi connectivity index (χ1) is 24.3. The van der Waals surface area contributed by atoms with Crippen LogP contribution in [0.4, 0.5) is 0 Å². The zero-order valence-corrected chi connectivity index (χ0v) is 31.1. The molecular formula is C40H33Br2N3O4S. The summed E-state index contributed by atoms with van der Waals surface area (Å²) in [6, 6.07) is 32.1. The Kier molecular flexibility index (Phi) is 13.0. The van der Waals surface area contributed by atoms with Crippen molar-refractivity contribution in [3.8, 4) is 5.75 Å². The van der Waals surface area contributed by atoms with Gasteiger partial charge in [0.2, 0.25) is 5.91 Å². The molecule has 0 aromatic heterocycles. The van der Waals surface area contributed by atoms with Crippen molar-refractivity contribution in [1.82, 2.24) is 10.2 Å². The van der Waals surface area contributed by atoms with Crippen LogP contribution in [0.5, 0.6) is 5.75 Å². The third kappa shape index (κ3) is 9.47. The minimum Gasteiger partial charge on any atom is -0.488 e. The van der Waals surface area contributed by atoms with Crippen LogP contribution in [-0.2, 0) is 21.0 Å². The van der Waals surface area contributed by atoms with E-state index in [2.05, 4.69) is 48.7 Å². The van der Waals surface area contributed by atoms with Gasteiger partial charge < -0.3 is 10.1 Å². The highest BCUT2D eigenvalue weighted by atomic mass is 79.9. The summed E-state index contributed by atoms with van der Waals surface area (Å²) in [6.45, 7) is 5.88. The molecule has 0 spiro atoms. The standard InChI is InChI=1S/C40H33Br2N3O4S/c1-3-5-16-32(4-2)45-39(48)33(23-28-19-22-35(34(42)24-28)49-25-27-17-20-31(41)21-18-27)38(47)44-40(45)50-26-36(46)43-37(29-12-8-6-9-13-29)30-14-10-7-11-15-30/h3-24,37H,1,25-26H2,2H3,(H,43,46)/b16-5-,32-4+,33-23+. The number of hydrogen-bond acceptors (Lipinski definition) is 5. The van der Waals surface area contributed by atoms with Gasteiger partial charge in [-0.05, 0) is 81.5 Å². The number of nitrogens with one attached hydrogen (secondary N) is 1. The summed E-state index contributed by atoms with van der Waals surface area (Å²) in [7, 11) is 0. The lowest BCUT2D eigenvalue weighted by molar-refractivity contribution is -0.126. The number of thioether (sulfide) groups is 1. The van der Waals surface area contributed by atoms with Crippen LogP contribution in [0.1, 0.15) is 35.2 Å². The number of allylic oxidation sites excluding steroid dienone is 4. The molecule has 7 nitrogen and oxygen atoms in total. The number of carbonyl (C=O) groups is 3. The van der Waals surface area contributed by atoms with Crippen LogP contribution in [0, 0.1) is 0 Å². The van der Waals surface area contributed by atoms with Crippen molar-refractivity contribution in [2.75, 3.05) is 5.75 Å². The quantitative estimate of drug-likeness (QED) is 0.0877. The Bertz CT molecular complexity index is 1950. The fourth-order valence-corrected chi connectivity index (χ4v) is 6.61. The second-order valence-corrected chi connectivity index (χ2v) is 13.6. The molecule has 4 aromatic carbocycles. The van der Waals surface area contributed by atoms with Crippen molar-refractivity contribution in [3.05, 3.63) is 176 Å². The van der Waals surface area contributed by atoms with E-state index in [0.717, 1.165) is 32.9 Å². The number of carbonyl (C=O) groups excluding carboxylic acids is 3. The first kappa shape index (κ1) is 36.5. The summed E-state index contributed by atoms with van der Waals surface area (Å²) >= 11 is 8.00. The molecule has 3 amide bonds. The molecule has 4 aromatic rings. The van der Waals surface area contributed by atoms with Crippen LogP contribution in [0.2, 0.25) is 0 Å². The van der Waals surface area contributed by atoms with Gasteiger partial charge in [0.25, 0.3) is 11.8 Å². The second-order valence-electron chi connectivity index (χ2n) is 10.9. The van der Waals surface area contributed by atoms with Gasteiger partial charge in [-0.3, -0.25) is 19.3 Å². The van der Waals surface area contributed by atoms with Crippen molar-refractivity contribution >= 4 is 72.6 Å². The van der Waals surface area contributed by atoms with Crippen LogP contribution in [-0.4, -0.2) is 33.5 Å². The number of aliphatic imine (C=N–C) groups is 1. The molecule has 1 aliphatic rings. The summed E-state index contributed by atoms with van der Waals surface area (Å²) in [5.41, 5.74) is 3.82. The molecule has 0 bridgehead atoms. The molecule has 1 aliphatic heterocycles. The van der Waals surface area contributed by atoms with Gasteiger partial charge in [-0.1, -0.05) is 131 Å². The number of nitrogens with zero attached hydrogens (tertiary/aromatic N) is 2. The van der Waals surface area contributed by atoms with Crippen molar-refractivity contribution in [2.45, 2.75) is 19.6 Å². The maximum absolute atomic E-state index is 14.0. The highest BCUT2D eigenvalue weighted by Gasteiger charge is 2.35. The maximum atomic E-state index is 14.0. The van der Waals surface area contributed by atoms with Gasteiger partial charge in [0.1, 0.15) is 17.9 Å². The van der Waals surface area contributed by atoms with Crippen molar-refractivity contribution in [2.24, 2.45) is 4.99 Å². The summed E-state index contributed by atoms with van der Waals surface area (Å²) in [5.74, 6) is -1.02. The molecule has 0 radical (unpaired) electrons. The van der Waals surface area contributed by atoms with Crippen molar-refractivity contribution in [1.29, 1.82) is 0 Å². The van der Waals surface area contributed by atoms with E-state index in [1.165, 1.54) is 11.0 Å². The van der Waals surface area contributed by atoms with E-state index < -0.39 is 11.8 Å². The fraction of sp³-hybridized carbons (Fsp3) is 0.100. The predicted octanol–water partition coefficient (Wildman–Crippen LogP) is 9.18. The molecule has 50 heavy (non-hydrogen) atoms. The highest BCUT2D eigenvalue weighted by molar-refractivity contribution is 9.10. The van der Waals surface area contributed by atoms with Gasteiger partial charge in [0.05, 0.1) is 16.3 Å². The number of hydrogen-bond donors (Lipinski definition) is 1. The Morgan fingerprint density at radius 2 is 1.62 bits per heavy atom. The van der Waals surface area contributed by atoms with E-state index in [9.17, 15) is 14.4 Å². The zero-order chi connectivity index (χ0) is 35.5. The van der Waals surface area contributed by atoms with Gasteiger partial charge >= 0.3 is 0 Å². The predicted molar refractivity (Wildman–Crippen MR) is 208 cm³/mol. The Hall–Kier alpha value is -4.77. The first-order valence-corrected chi connectivity index (χ1v) is 18.2. The molecule has 1 N–H and O–H groups in total. The largest absolute Gasteiger partial charge is 0.488 e. The number of halogens is 2. The molecule has 0 unspecified atom stereocenters. The molecule has 1 heterocycles. The van der Waals surface area contributed by atoms with Crippen LogP contribution >= 0.6 is 43.6 Å². The van der Waals surface area contributed by atoms with Gasteiger partial charge in [-0.2, -0.15) is 4.99 Å². The fourth-order valence-electron chi connectivity index (χ4n) is 5.03. The van der Waals surface area contributed by atoms with E-state index in [1.54, 1.807) is 49.4 Å². The van der Waals surface area contributed by atoms with Gasteiger partial charge in [0, 0.05) is 10.2 Å². The molecule has 5 rings (SSSR count). The molecule has 0 atom stereocenters. The van der Waals surface area contributed by atoms with Crippen molar-refractivity contribution < 1.29 is 19.1 Å². The summed E-state index contributed by atoms with van der Waals surface area (Å²) < 4.78 is 7.63. The third-order valence-corrected chi connectivity index (χ3v) is 9.57. The number of amides is 3. The molecule has 252 valence electrons. The van der Waals surface area contributed by atoms with E-state index in [1.807, 2.05) is 84.9 Å². The van der Waals surface area contributed by atoms with Crippen LogP contribution in [0.15, 0.2) is 159 Å². The summed E-state index contributed by atoms with van der Waals surface area (Å²) in [6.07, 6.45) is 8.21. The molecule has 0 fully saturated rings. The lowest BCUT2D eigenvalue weighted by atomic mass is 9.99. The Morgan fingerprint density at radius 3 is 2.22 bits per heavy atom. The van der Waals surface area contributed by atoms with Crippen molar-refractivity contribution in [3.63, 3.8) is 0 Å². The molecular weight excluding hydrogens is 778 g/mol. The van der Waals surface area contributed by atoms with Gasteiger partial charge in [-0.15, -0.1) is 0 Å². The lowest BCUT2D eigenvalue weighted by Crippen LogP contribution is -2.42. The normalized spacial score (nSPS) is 14.3. The molecule has 10 heteroatoms. The third-order valence-electron chi connectivity index (χ3n) is 7.49. The summed E-state index contributed by atoms with van der Waals surface area (Å²) in [4.78, 5) is 46.5. The van der Waals surface area contributed by atoms with Crippen LogP contribution < -0.4 is 10.1 Å². The number of amidine groups is 1. The minimum absolute atomic E-state index is 0.0814. The monoisotopic (exact) mass is 809 g/mol. The molecule has 0 aliphatic carbocycles. The number of ether oxygens (including phenoxy) is 1. The topological polar surface area (TPSA) is 88.1 Å². The smallest absolute Gasteiger partial charge is 0.285 e. The summed E-state index contributed by atoms with van der Waals surface area (Å²) in [5, 5.41) is 3.20. The Morgan fingerprint density at radius 1 is 0.960 bits per heavy atom. The van der Waals surface area contributed by atoms with E-state index >= 15 is 0 Å². The average molecular weight is 812 g/mol. The van der Waals surface area contributed by atoms with E-state index in [-0.39, 0.29) is 28.4 Å². The molecule has 0 saturated heterocycles. The maximum Gasteiger partial charge on any atom is 0.285 e. The Balaban J connectivity index is 1.36. The lowest BCUT2D eigenvalue weighted by Gasteiger charge is -2.28. The highest BCUT2D eigenvalue weighted by Crippen LogP contribution is 2.31. The van der Waals surface area contributed by atoms with E-state index in [0.29, 0.717) is 28.1 Å². The SMILES string of the molecule is C=C/C=C\C(=C/C)N1C(=O)/C(=C/c2ccc(OCc3ccc(Br)cc3)c(Br)c2)C(=O)N=C1SCC(=O)NC(c1ccccc1)c1ccccc1. The van der Waals surface area contributed by atoms with Crippen LogP contribution in [0.25, 0.3) is 6.08 Å². The number of rotatable bonds is 12. The zero-order valence-electron chi connectivity index (χ0n) is 27.1.